The van der Waals surface area contributed by atoms with Crippen LogP contribution >= 0.6 is 11.3 Å². The third kappa shape index (κ3) is 4.04. The van der Waals surface area contributed by atoms with E-state index < -0.39 is 11.2 Å². The van der Waals surface area contributed by atoms with Crippen molar-refractivity contribution in [2.45, 2.75) is 32.2 Å². The molecule has 0 aromatic carbocycles. The Hall–Kier alpha value is -3.45. The van der Waals surface area contributed by atoms with Crippen molar-refractivity contribution >= 4 is 39.2 Å². The molecule has 1 aliphatic heterocycles. The Bertz CT molecular complexity index is 1290. The van der Waals surface area contributed by atoms with Crippen LogP contribution < -0.4 is 5.32 Å². The molecule has 3 aromatic rings. The van der Waals surface area contributed by atoms with Crippen LogP contribution in [0.3, 0.4) is 0 Å². The molecule has 3 aromatic heterocycles. The molecule has 1 saturated heterocycles. The van der Waals surface area contributed by atoms with E-state index in [-0.39, 0.29) is 29.6 Å². The van der Waals surface area contributed by atoms with Gasteiger partial charge in [0.25, 0.3) is 5.91 Å². The largest absolute Gasteiger partial charge is 0.348 e. The summed E-state index contributed by atoms with van der Waals surface area (Å²) in [6.45, 7) is 2.78. The fraction of sp³-hybridized carbons (Fsp3) is 0.391. The molecule has 5 rings (SSSR count). The summed E-state index contributed by atoms with van der Waals surface area (Å²) in [5.74, 6) is -0.293. The van der Waals surface area contributed by atoms with Gasteiger partial charge < -0.3 is 10.2 Å². The van der Waals surface area contributed by atoms with Crippen molar-refractivity contribution in [1.29, 1.82) is 5.26 Å². The number of hydrogen-bond donors (Lipinski definition) is 1. The van der Waals surface area contributed by atoms with Crippen molar-refractivity contribution in [3.05, 3.63) is 47.0 Å². The molecule has 4 heterocycles. The van der Waals surface area contributed by atoms with E-state index in [1.165, 1.54) is 17.4 Å². The Kier molecular flexibility index (Phi) is 5.29. The van der Waals surface area contributed by atoms with Crippen LogP contribution in [0, 0.1) is 28.5 Å². The second-order valence-electron chi connectivity index (χ2n) is 8.73. The van der Waals surface area contributed by atoms with Crippen LogP contribution in [0.2, 0.25) is 0 Å². The molecule has 1 aliphatic carbocycles. The molecule has 1 amide bonds. The Labute approximate surface area is 193 Å². The zero-order valence-corrected chi connectivity index (χ0v) is 18.7. The first kappa shape index (κ1) is 21.4. The zero-order chi connectivity index (χ0) is 23.2. The lowest BCUT2D eigenvalue weighted by atomic mass is 9.88. The summed E-state index contributed by atoms with van der Waals surface area (Å²) in [4.78, 5) is 40.1. The number of likely N-dealkylation sites (tertiary alicyclic amines) is 1. The van der Waals surface area contributed by atoms with Gasteiger partial charge in [-0.3, -0.25) is 14.6 Å². The van der Waals surface area contributed by atoms with Gasteiger partial charge in [-0.15, -0.1) is 11.3 Å². The highest BCUT2D eigenvalue weighted by Gasteiger charge is 2.51. The normalized spacial score (nSPS) is 17.8. The molecule has 1 atom stereocenters. The maximum Gasteiger partial charge on any atom is 0.274 e. The van der Waals surface area contributed by atoms with Crippen LogP contribution in [0.1, 0.15) is 48.3 Å². The fourth-order valence-corrected chi connectivity index (χ4v) is 4.88. The lowest BCUT2D eigenvalue weighted by Gasteiger charge is -2.39. The molecule has 0 radical (unpaired) electrons. The van der Waals surface area contributed by atoms with Gasteiger partial charge in [0.2, 0.25) is 5.95 Å². The Balaban J connectivity index is 1.30. The van der Waals surface area contributed by atoms with Crippen molar-refractivity contribution in [2.75, 3.05) is 18.4 Å². The van der Waals surface area contributed by atoms with Crippen LogP contribution in [0.15, 0.2) is 29.9 Å². The number of nitrogens with one attached hydrogen (secondary N) is 1. The number of carbonyl (C=O) groups is 2. The van der Waals surface area contributed by atoms with E-state index >= 15 is 0 Å². The van der Waals surface area contributed by atoms with Crippen LogP contribution in [-0.2, 0) is 4.79 Å². The molecule has 33 heavy (non-hydrogen) atoms. The van der Waals surface area contributed by atoms with Gasteiger partial charge in [-0.25, -0.2) is 14.4 Å². The number of halogens is 1. The SMILES string of the molecule is C[C@H](Nc1nc(C(=O)N2CC(CC(=O)C3(C#N)CC3)C2)c2sccc2n1)c1cncc(F)c1. The van der Waals surface area contributed by atoms with Crippen molar-refractivity contribution in [3.8, 4) is 6.07 Å². The third-order valence-corrected chi connectivity index (χ3v) is 7.20. The Morgan fingerprint density at radius 2 is 2.15 bits per heavy atom. The number of aromatic nitrogens is 3. The van der Waals surface area contributed by atoms with Crippen LogP contribution in [0.4, 0.5) is 10.3 Å². The summed E-state index contributed by atoms with van der Waals surface area (Å²) in [5, 5.41) is 14.2. The predicted molar refractivity (Wildman–Crippen MR) is 120 cm³/mol. The molecule has 2 aliphatic rings. The maximum atomic E-state index is 13.5. The van der Waals surface area contributed by atoms with Gasteiger partial charge in [0.15, 0.2) is 11.5 Å². The average molecular weight is 465 g/mol. The topological polar surface area (TPSA) is 112 Å². The van der Waals surface area contributed by atoms with E-state index in [0.717, 1.165) is 6.20 Å². The summed E-state index contributed by atoms with van der Waals surface area (Å²) < 4.78 is 14.2. The minimum Gasteiger partial charge on any atom is -0.348 e. The van der Waals surface area contributed by atoms with E-state index in [1.807, 2.05) is 18.4 Å². The molecule has 0 bridgehead atoms. The van der Waals surface area contributed by atoms with Gasteiger partial charge in [0.1, 0.15) is 11.2 Å². The number of thiophene rings is 1. The number of carbonyl (C=O) groups excluding carboxylic acids is 2. The van der Waals surface area contributed by atoms with Crippen LogP contribution in [0.25, 0.3) is 10.2 Å². The first-order valence-corrected chi connectivity index (χ1v) is 11.6. The summed E-state index contributed by atoms with van der Waals surface area (Å²) >= 11 is 1.40. The number of pyridine rings is 1. The van der Waals surface area contributed by atoms with E-state index in [9.17, 15) is 19.2 Å². The monoisotopic (exact) mass is 464 g/mol. The second-order valence-corrected chi connectivity index (χ2v) is 9.65. The Morgan fingerprint density at radius 1 is 1.36 bits per heavy atom. The third-order valence-electron chi connectivity index (χ3n) is 6.29. The average Bonchev–Trinajstić information content (AvgIpc) is 3.44. The maximum absolute atomic E-state index is 13.5. The lowest BCUT2D eigenvalue weighted by molar-refractivity contribution is -0.124. The van der Waals surface area contributed by atoms with Crippen molar-refractivity contribution < 1.29 is 14.0 Å². The predicted octanol–water partition coefficient (Wildman–Crippen LogP) is 3.73. The highest BCUT2D eigenvalue weighted by atomic mass is 32.1. The number of anilines is 1. The number of amides is 1. The lowest BCUT2D eigenvalue weighted by Crippen LogP contribution is -2.51. The Morgan fingerprint density at radius 3 is 2.85 bits per heavy atom. The summed E-state index contributed by atoms with van der Waals surface area (Å²) in [5.41, 5.74) is 0.831. The number of fused-ring (bicyclic) bond motifs is 1. The quantitative estimate of drug-likeness (QED) is 0.567. The van der Waals surface area contributed by atoms with E-state index in [1.54, 1.807) is 11.1 Å². The van der Waals surface area contributed by atoms with Gasteiger partial charge >= 0.3 is 0 Å². The second kappa shape index (κ2) is 8.15. The smallest absolute Gasteiger partial charge is 0.274 e. The van der Waals surface area contributed by atoms with Gasteiger partial charge in [0, 0.05) is 31.6 Å². The number of rotatable bonds is 7. The number of nitrogens with zero attached hydrogens (tertiary/aromatic N) is 5. The van der Waals surface area contributed by atoms with Crippen molar-refractivity contribution in [1.82, 2.24) is 19.9 Å². The molecule has 1 saturated carbocycles. The molecule has 10 heteroatoms. The highest BCUT2D eigenvalue weighted by Crippen LogP contribution is 2.47. The minimum atomic E-state index is -0.769. The van der Waals surface area contributed by atoms with Crippen LogP contribution in [0.5, 0.6) is 0 Å². The summed E-state index contributed by atoms with van der Waals surface area (Å²) in [6, 6.07) is 5.04. The van der Waals surface area contributed by atoms with E-state index in [0.29, 0.717) is 53.8 Å². The first-order chi connectivity index (χ1) is 15.9. The molecule has 2 fully saturated rings. The van der Waals surface area contributed by atoms with Crippen molar-refractivity contribution in [2.24, 2.45) is 11.3 Å². The highest BCUT2D eigenvalue weighted by molar-refractivity contribution is 7.17. The van der Waals surface area contributed by atoms with Gasteiger partial charge in [-0.1, -0.05) is 0 Å². The summed E-state index contributed by atoms with van der Waals surface area (Å²) in [6.07, 6.45) is 4.33. The molecular formula is C23H21FN6O2S. The number of hydrogen-bond acceptors (Lipinski definition) is 8. The minimum absolute atomic E-state index is 0.00269. The number of Topliss-reactive ketones (excluding diaryl/α,β-unsaturated/α-hetero) is 1. The van der Waals surface area contributed by atoms with Gasteiger partial charge in [-0.05, 0) is 42.8 Å². The molecule has 0 spiro atoms. The van der Waals surface area contributed by atoms with Crippen LogP contribution in [-0.4, -0.2) is 44.6 Å². The van der Waals surface area contributed by atoms with E-state index in [2.05, 4.69) is 26.3 Å². The number of ketones is 1. The van der Waals surface area contributed by atoms with Gasteiger partial charge in [-0.2, -0.15) is 5.26 Å². The first-order valence-electron chi connectivity index (χ1n) is 10.7. The number of nitriles is 1. The fourth-order valence-electron chi connectivity index (χ4n) is 4.07. The zero-order valence-electron chi connectivity index (χ0n) is 17.9. The molecular weight excluding hydrogens is 443 g/mol. The van der Waals surface area contributed by atoms with E-state index in [4.69, 9.17) is 0 Å². The summed E-state index contributed by atoms with van der Waals surface area (Å²) in [7, 11) is 0. The van der Waals surface area contributed by atoms with Gasteiger partial charge in [0.05, 0.1) is 28.5 Å². The molecule has 168 valence electrons. The van der Waals surface area contributed by atoms with Crippen molar-refractivity contribution in [3.63, 3.8) is 0 Å². The molecule has 1 N–H and O–H groups in total. The molecule has 0 unspecified atom stereocenters. The molecule has 8 nitrogen and oxygen atoms in total. The standard InChI is InChI=1S/C23H21FN6O2S/c1-13(15-7-16(24)9-26-8-15)27-22-28-17-2-5-33-20(17)19(29-22)21(32)30-10-14(11-30)6-18(31)23(12-25)3-4-23/h2,5,7-9,13-14H,3-4,6,10-11H2,1H3,(H,27,28,29)/t13-/m0/s1.